The van der Waals surface area contributed by atoms with Crippen LogP contribution < -0.4 is 0 Å². The van der Waals surface area contributed by atoms with E-state index in [1.54, 1.807) is 6.33 Å². The number of benzene rings is 3. The molecule has 0 saturated heterocycles. The van der Waals surface area contributed by atoms with Gasteiger partial charge in [-0.1, -0.05) is 122 Å². The Labute approximate surface area is 278 Å². The predicted octanol–water partition coefficient (Wildman–Crippen LogP) is 10.7. The van der Waals surface area contributed by atoms with E-state index in [0.29, 0.717) is 0 Å². The molecular formula is C39H49IrN2O2-. The largest absolute Gasteiger partial charge is 0.512 e. The van der Waals surface area contributed by atoms with Crippen molar-refractivity contribution in [1.29, 1.82) is 0 Å². The first-order valence-corrected chi connectivity index (χ1v) is 15.6. The van der Waals surface area contributed by atoms with E-state index >= 15 is 0 Å². The SMILES string of the molecule is CC(C)(C)c1cc(-c2cc(-c3ccccc3)ncn2)[c-]c2ccccc12.CCC(C)(CC)C(=O)/C=C(\O)C(C)(CC)CC.[Ir]. The molecule has 0 spiro atoms. The Morgan fingerprint density at radius 3 is 1.89 bits per heavy atom. The number of nitrogens with zero attached hydrogens (tertiary/aromatic N) is 2. The second-order valence-corrected chi connectivity index (χ2v) is 13.0. The van der Waals surface area contributed by atoms with E-state index in [9.17, 15) is 9.90 Å². The summed E-state index contributed by atoms with van der Waals surface area (Å²) < 4.78 is 0. The van der Waals surface area contributed by atoms with Crippen molar-refractivity contribution in [2.75, 3.05) is 0 Å². The van der Waals surface area contributed by atoms with Crippen LogP contribution in [0.2, 0.25) is 0 Å². The zero-order valence-electron chi connectivity index (χ0n) is 27.9. The second-order valence-electron chi connectivity index (χ2n) is 13.0. The summed E-state index contributed by atoms with van der Waals surface area (Å²) >= 11 is 0. The zero-order valence-corrected chi connectivity index (χ0v) is 30.3. The predicted molar refractivity (Wildman–Crippen MR) is 181 cm³/mol. The van der Waals surface area contributed by atoms with Crippen LogP contribution >= 0.6 is 0 Å². The molecule has 0 fully saturated rings. The van der Waals surface area contributed by atoms with Gasteiger partial charge in [0.2, 0.25) is 0 Å². The van der Waals surface area contributed by atoms with Crippen LogP contribution in [0.15, 0.2) is 84.9 Å². The Kier molecular flexibility index (Phi) is 13.2. The maximum absolute atomic E-state index is 12.2. The first kappa shape index (κ1) is 37.0. The number of allylic oxidation sites excluding steroid dienone is 2. The van der Waals surface area contributed by atoms with Gasteiger partial charge in [-0.2, -0.15) is 0 Å². The van der Waals surface area contributed by atoms with E-state index in [1.807, 2.05) is 65.8 Å². The molecule has 1 heterocycles. The van der Waals surface area contributed by atoms with E-state index in [4.69, 9.17) is 0 Å². The first-order chi connectivity index (χ1) is 20.3. The fourth-order valence-electron chi connectivity index (χ4n) is 4.94. The zero-order chi connectivity index (χ0) is 31.8. The van der Waals surface area contributed by atoms with Crippen LogP contribution in [0.5, 0.6) is 0 Å². The minimum absolute atomic E-state index is 0. The van der Waals surface area contributed by atoms with Crippen molar-refractivity contribution in [2.45, 2.75) is 93.4 Å². The molecule has 237 valence electrons. The number of hydrogen-bond donors (Lipinski definition) is 1. The summed E-state index contributed by atoms with van der Waals surface area (Å²) in [7, 11) is 0. The average Bonchev–Trinajstić information content (AvgIpc) is 3.03. The number of carbonyl (C=O) groups is 1. The van der Waals surface area contributed by atoms with Gasteiger partial charge in [0.25, 0.3) is 0 Å². The molecule has 0 unspecified atom stereocenters. The molecule has 44 heavy (non-hydrogen) atoms. The van der Waals surface area contributed by atoms with Crippen molar-refractivity contribution in [2.24, 2.45) is 10.8 Å². The third-order valence-electron chi connectivity index (χ3n) is 9.20. The maximum Gasteiger partial charge on any atom is 0.164 e. The third kappa shape index (κ3) is 8.73. The van der Waals surface area contributed by atoms with Gasteiger partial charge in [0.15, 0.2) is 5.78 Å². The number of carbonyl (C=O) groups excluding carboxylic acids is 1. The molecule has 1 N–H and O–H groups in total. The number of fused-ring (bicyclic) bond motifs is 1. The Morgan fingerprint density at radius 1 is 0.773 bits per heavy atom. The fourth-order valence-corrected chi connectivity index (χ4v) is 4.94. The van der Waals surface area contributed by atoms with Crippen LogP contribution in [0.4, 0.5) is 0 Å². The van der Waals surface area contributed by atoms with Crippen molar-refractivity contribution >= 4 is 16.6 Å². The topological polar surface area (TPSA) is 63.1 Å². The number of aliphatic hydroxyl groups is 1. The third-order valence-corrected chi connectivity index (χ3v) is 9.20. The summed E-state index contributed by atoms with van der Waals surface area (Å²) in [5.74, 6) is 0.286. The van der Waals surface area contributed by atoms with Crippen molar-refractivity contribution in [3.63, 3.8) is 0 Å². The van der Waals surface area contributed by atoms with Crippen LogP contribution in [0.3, 0.4) is 0 Å². The minimum Gasteiger partial charge on any atom is -0.512 e. The van der Waals surface area contributed by atoms with Gasteiger partial charge in [0.05, 0.1) is 5.69 Å². The van der Waals surface area contributed by atoms with Gasteiger partial charge in [0.1, 0.15) is 12.1 Å². The molecule has 4 rings (SSSR count). The number of ketones is 1. The molecule has 0 amide bonds. The Bertz CT molecular complexity index is 1550. The minimum atomic E-state index is -0.337. The fraction of sp³-hybridized carbons (Fsp3) is 0.410. The molecule has 5 heteroatoms. The number of aromatic nitrogens is 2. The molecule has 0 aliphatic heterocycles. The Morgan fingerprint density at radius 2 is 1.32 bits per heavy atom. The van der Waals surface area contributed by atoms with Crippen LogP contribution in [-0.4, -0.2) is 20.9 Å². The molecule has 0 aliphatic rings. The van der Waals surface area contributed by atoms with Crippen LogP contribution in [0, 0.1) is 16.9 Å². The molecule has 0 saturated carbocycles. The molecule has 1 radical (unpaired) electrons. The van der Waals surface area contributed by atoms with E-state index in [2.05, 4.69) is 79.3 Å². The smallest absolute Gasteiger partial charge is 0.164 e. The number of hydrogen-bond acceptors (Lipinski definition) is 4. The summed E-state index contributed by atoms with van der Waals surface area (Å²) in [6.45, 7) is 18.8. The van der Waals surface area contributed by atoms with E-state index in [-0.39, 0.29) is 47.9 Å². The van der Waals surface area contributed by atoms with Gasteiger partial charge in [-0.3, -0.25) is 9.78 Å². The van der Waals surface area contributed by atoms with Gasteiger partial charge in [0, 0.05) is 42.7 Å². The second kappa shape index (κ2) is 15.7. The average molecular weight is 770 g/mol. The normalized spacial score (nSPS) is 12.2. The summed E-state index contributed by atoms with van der Waals surface area (Å²) in [5, 5.41) is 12.5. The summed E-state index contributed by atoms with van der Waals surface area (Å²) in [6, 6.07) is 26.4. The molecule has 0 bridgehead atoms. The van der Waals surface area contributed by atoms with Crippen molar-refractivity contribution in [1.82, 2.24) is 9.97 Å². The summed E-state index contributed by atoms with van der Waals surface area (Å²) in [4.78, 5) is 21.1. The Balaban J connectivity index is 0.000000331. The van der Waals surface area contributed by atoms with Crippen molar-refractivity contribution in [3.05, 3.63) is 96.5 Å². The summed E-state index contributed by atoms with van der Waals surface area (Å²) in [5.41, 5.74) is 4.67. The quantitative estimate of drug-likeness (QED) is 0.105. The van der Waals surface area contributed by atoms with Crippen molar-refractivity contribution in [3.8, 4) is 22.5 Å². The van der Waals surface area contributed by atoms with E-state index < -0.39 is 0 Å². The molecule has 0 aliphatic carbocycles. The molecule has 0 atom stereocenters. The summed E-state index contributed by atoms with van der Waals surface area (Å²) in [6.07, 6.45) is 6.39. The monoisotopic (exact) mass is 770 g/mol. The molecule has 4 aromatic rings. The van der Waals surface area contributed by atoms with Gasteiger partial charge in [-0.05, 0) is 42.7 Å². The maximum atomic E-state index is 12.2. The standard InChI is InChI=1S/C24H21N2.C15H28O2.Ir/c1-24(2,3)21-14-19(13-18-11-7-8-12-20(18)21)23-15-22(25-16-26-23)17-9-5-4-6-10-17;1-7-14(5,8-2)12(16)11-13(17)15(6,9-3)10-4;/h4-12,14-16H,1-3H3;11,16H,7-10H2,1-6H3;/q-1;;/b;12-11-;. The molecule has 1 aromatic heterocycles. The first-order valence-electron chi connectivity index (χ1n) is 15.6. The van der Waals surface area contributed by atoms with Crippen LogP contribution in [0.1, 0.15) is 93.6 Å². The van der Waals surface area contributed by atoms with Gasteiger partial charge < -0.3 is 5.11 Å². The number of aliphatic hydroxyl groups excluding tert-OH is 1. The van der Waals surface area contributed by atoms with E-state index in [1.165, 1.54) is 17.0 Å². The molecular weight excluding hydrogens is 721 g/mol. The number of rotatable bonds is 9. The molecule has 4 nitrogen and oxygen atoms in total. The molecule has 3 aromatic carbocycles. The Hall–Kier alpha value is -3.14. The van der Waals surface area contributed by atoms with Gasteiger partial charge in [-0.25, -0.2) is 4.98 Å². The van der Waals surface area contributed by atoms with Gasteiger partial charge >= 0.3 is 0 Å². The van der Waals surface area contributed by atoms with Gasteiger partial charge in [-0.15, -0.1) is 29.1 Å². The van der Waals surface area contributed by atoms with Crippen LogP contribution in [-0.2, 0) is 30.3 Å². The van der Waals surface area contributed by atoms with E-state index in [0.717, 1.165) is 53.6 Å². The van der Waals surface area contributed by atoms with Crippen LogP contribution in [0.25, 0.3) is 33.3 Å². The van der Waals surface area contributed by atoms with Crippen molar-refractivity contribution < 1.29 is 30.0 Å².